The highest BCUT2D eigenvalue weighted by Gasteiger charge is 2.30. The zero-order valence-corrected chi connectivity index (χ0v) is 12.0. The van der Waals surface area contributed by atoms with Crippen molar-refractivity contribution in [1.29, 1.82) is 0 Å². The monoisotopic (exact) mass is 347 g/mol. The number of hydrogen-bond donors (Lipinski definition) is 0. The van der Waals surface area contributed by atoms with Crippen molar-refractivity contribution in [2.75, 3.05) is 0 Å². The molecule has 0 saturated heterocycles. The zero-order chi connectivity index (χ0) is 17.8. The first-order valence-electron chi connectivity index (χ1n) is 6.65. The van der Waals surface area contributed by atoms with Crippen molar-refractivity contribution in [1.82, 2.24) is 0 Å². The van der Waals surface area contributed by atoms with E-state index in [2.05, 4.69) is 5.16 Å². The maximum Gasteiger partial charge on any atom is 0.416 e. The highest BCUT2D eigenvalue weighted by atomic mass is 19.4. The normalized spacial score (nSPS) is 12.6. The number of benzene rings is 2. The van der Waals surface area contributed by atoms with Crippen LogP contribution in [0.2, 0.25) is 0 Å². The largest absolute Gasteiger partial charge is 0.416 e. The summed E-state index contributed by atoms with van der Waals surface area (Å²) in [5.41, 5.74) is -0.950. The van der Waals surface area contributed by atoms with E-state index in [1.165, 1.54) is 24.3 Å². The SMILES string of the molecule is FC(F)(F)c1ccc(CON=Cc2cccc(C(F)(F)F)c2)cc1. The summed E-state index contributed by atoms with van der Waals surface area (Å²) in [6.07, 6.45) is -7.77. The molecule has 0 N–H and O–H groups in total. The van der Waals surface area contributed by atoms with Gasteiger partial charge < -0.3 is 4.84 Å². The average Bonchev–Trinajstić information content (AvgIpc) is 2.51. The van der Waals surface area contributed by atoms with E-state index in [4.69, 9.17) is 4.84 Å². The van der Waals surface area contributed by atoms with Crippen LogP contribution in [0.3, 0.4) is 0 Å². The Kier molecular flexibility index (Phi) is 5.16. The zero-order valence-electron chi connectivity index (χ0n) is 12.0. The van der Waals surface area contributed by atoms with Gasteiger partial charge in [-0.05, 0) is 35.4 Å². The second-order valence-electron chi connectivity index (χ2n) is 4.83. The van der Waals surface area contributed by atoms with Gasteiger partial charge in [-0.1, -0.05) is 29.4 Å². The van der Waals surface area contributed by atoms with E-state index in [1.807, 2.05) is 0 Å². The van der Waals surface area contributed by atoms with E-state index in [0.717, 1.165) is 30.5 Å². The summed E-state index contributed by atoms with van der Waals surface area (Å²) in [5.74, 6) is 0. The van der Waals surface area contributed by atoms with Gasteiger partial charge in [0.15, 0.2) is 0 Å². The number of oxime groups is 1. The molecule has 128 valence electrons. The predicted molar refractivity (Wildman–Crippen MR) is 75.3 cm³/mol. The Labute approximate surface area is 133 Å². The molecule has 2 aromatic rings. The van der Waals surface area contributed by atoms with Crippen LogP contribution in [0.1, 0.15) is 22.3 Å². The molecule has 0 unspecified atom stereocenters. The Morgan fingerprint density at radius 1 is 0.833 bits per heavy atom. The smallest absolute Gasteiger partial charge is 0.391 e. The van der Waals surface area contributed by atoms with Crippen molar-refractivity contribution < 1.29 is 31.2 Å². The maximum atomic E-state index is 12.5. The molecule has 2 rings (SSSR count). The molecule has 24 heavy (non-hydrogen) atoms. The molecular formula is C16H11F6NO. The second kappa shape index (κ2) is 6.94. The second-order valence-corrected chi connectivity index (χ2v) is 4.83. The maximum absolute atomic E-state index is 12.5. The van der Waals surface area contributed by atoms with Gasteiger partial charge in [0, 0.05) is 0 Å². The van der Waals surface area contributed by atoms with E-state index >= 15 is 0 Å². The number of rotatable bonds is 4. The summed E-state index contributed by atoms with van der Waals surface area (Å²) >= 11 is 0. The number of alkyl halides is 6. The summed E-state index contributed by atoms with van der Waals surface area (Å²) in [7, 11) is 0. The fourth-order valence-corrected chi connectivity index (χ4v) is 1.80. The third-order valence-corrected chi connectivity index (χ3v) is 3.00. The van der Waals surface area contributed by atoms with Gasteiger partial charge >= 0.3 is 12.4 Å². The molecule has 0 radical (unpaired) electrons. The summed E-state index contributed by atoms with van der Waals surface area (Å²) in [6.45, 7) is -0.104. The lowest BCUT2D eigenvalue weighted by Gasteiger charge is -2.07. The van der Waals surface area contributed by atoms with E-state index in [0.29, 0.717) is 5.56 Å². The highest BCUT2D eigenvalue weighted by Crippen LogP contribution is 2.30. The van der Waals surface area contributed by atoms with Gasteiger partial charge in [0.1, 0.15) is 6.61 Å². The van der Waals surface area contributed by atoms with Crippen molar-refractivity contribution in [3.05, 3.63) is 70.8 Å². The minimum atomic E-state index is -4.45. The molecule has 2 nitrogen and oxygen atoms in total. The van der Waals surface area contributed by atoms with Gasteiger partial charge in [-0.2, -0.15) is 26.3 Å². The van der Waals surface area contributed by atoms with Gasteiger partial charge in [-0.3, -0.25) is 0 Å². The number of hydrogen-bond acceptors (Lipinski definition) is 2. The summed E-state index contributed by atoms with van der Waals surface area (Å²) < 4.78 is 74.8. The van der Waals surface area contributed by atoms with Gasteiger partial charge in [-0.15, -0.1) is 0 Å². The highest BCUT2D eigenvalue weighted by molar-refractivity contribution is 5.79. The van der Waals surface area contributed by atoms with Crippen LogP contribution in [0.25, 0.3) is 0 Å². The van der Waals surface area contributed by atoms with Crippen LogP contribution in [-0.4, -0.2) is 6.21 Å². The van der Waals surface area contributed by atoms with Crippen molar-refractivity contribution in [2.45, 2.75) is 19.0 Å². The van der Waals surface area contributed by atoms with Crippen LogP contribution in [0.5, 0.6) is 0 Å². The molecule has 0 amide bonds. The molecule has 0 heterocycles. The Morgan fingerprint density at radius 3 is 2.04 bits per heavy atom. The Morgan fingerprint density at radius 2 is 1.46 bits per heavy atom. The molecule has 2 aromatic carbocycles. The summed E-state index contributed by atoms with van der Waals surface area (Å²) in [5, 5.41) is 3.52. The van der Waals surface area contributed by atoms with Gasteiger partial charge in [0.2, 0.25) is 0 Å². The molecule has 0 aromatic heterocycles. The Bertz CT molecular complexity index is 704. The van der Waals surface area contributed by atoms with Crippen molar-refractivity contribution in [2.24, 2.45) is 5.16 Å². The first-order chi connectivity index (χ1) is 11.2. The first kappa shape index (κ1) is 17.8. The lowest BCUT2D eigenvalue weighted by molar-refractivity contribution is -0.138. The van der Waals surface area contributed by atoms with Crippen LogP contribution < -0.4 is 0 Å². The standard InChI is InChI=1S/C16H11F6NO/c17-15(18,19)13-6-4-11(5-7-13)10-24-23-9-12-2-1-3-14(8-12)16(20,21)22/h1-9H,10H2. The lowest BCUT2D eigenvalue weighted by Crippen LogP contribution is -2.05. The van der Waals surface area contributed by atoms with Crippen LogP contribution in [-0.2, 0) is 23.8 Å². The topological polar surface area (TPSA) is 21.6 Å². The first-order valence-corrected chi connectivity index (χ1v) is 6.65. The molecule has 0 fully saturated rings. The molecule has 0 aliphatic carbocycles. The van der Waals surface area contributed by atoms with E-state index in [9.17, 15) is 26.3 Å². The van der Waals surface area contributed by atoms with Crippen LogP contribution in [0.15, 0.2) is 53.7 Å². The lowest BCUT2D eigenvalue weighted by atomic mass is 10.1. The summed E-state index contributed by atoms with van der Waals surface area (Å²) in [6, 6.07) is 8.79. The quantitative estimate of drug-likeness (QED) is 0.419. The Hall–Kier alpha value is -2.51. The molecule has 0 saturated carbocycles. The fourth-order valence-electron chi connectivity index (χ4n) is 1.80. The summed E-state index contributed by atoms with van der Waals surface area (Å²) in [4.78, 5) is 4.88. The third kappa shape index (κ3) is 5.00. The van der Waals surface area contributed by atoms with E-state index < -0.39 is 23.5 Å². The van der Waals surface area contributed by atoms with Crippen molar-refractivity contribution in [3.8, 4) is 0 Å². The Balaban J connectivity index is 1.93. The average molecular weight is 347 g/mol. The molecule has 0 spiro atoms. The fraction of sp³-hybridized carbons (Fsp3) is 0.188. The molecule has 0 aliphatic rings. The molecule has 0 bridgehead atoms. The number of nitrogens with zero attached hydrogens (tertiary/aromatic N) is 1. The van der Waals surface area contributed by atoms with Crippen LogP contribution >= 0.6 is 0 Å². The third-order valence-electron chi connectivity index (χ3n) is 3.00. The molecule has 8 heteroatoms. The van der Waals surface area contributed by atoms with Gasteiger partial charge in [0.05, 0.1) is 17.3 Å². The van der Waals surface area contributed by atoms with Crippen LogP contribution in [0.4, 0.5) is 26.3 Å². The van der Waals surface area contributed by atoms with Crippen molar-refractivity contribution in [3.63, 3.8) is 0 Å². The minimum Gasteiger partial charge on any atom is -0.391 e. The van der Waals surface area contributed by atoms with Crippen molar-refractivity contribution >= 4 is 6.21 Å². The molecule has 0 atom stereocenters. The van der Waals surface area contributed by atoms with E-state index in [-0.39, 0.29) is 12.2 Å². The predicted octanol–water partition coefficient (Wildman–Crippen LogP) is 5.27. The van der Waals surface area contributed by atoms with Crippen LogP contribution in [0, 0.1) is 0 Å². The number of halogens is 6. The molecule has 0 aliphatic heterocycles. The van der Waals surface area contributed by atoms with E-state index in [1.54, 1.807) is 0 Å². The van der Waals surface area contributed by atoms with Gasteiger partial charge in [-0.25, -0.2) is 0 Å². The van der Waals surface area contributed by atoms with Gasteiger partial charge in [0.25, 0.3) is 0 Å². The minimum absolute atomic E-state index is 0.104. The molecular weight excluding hydrogens is 336 g/mol.